The van der Waals surface area contributed by atoms with Gasteiger partial charge >= 0.3 is 0 Å². The number of nitrogens with one attached hydrogen (secondary N) is 1. The van der Waals surface area contributed by atoms with Crippen molar-refractivity contribution in [3.05, 3.63) is 70.7 Å². The van der Waals surface area contributed by atoms with E-state index in [1.807, 2.05) is 55.5 Å². The highest BCUT2D eigenvalue weighted by Gasteiger charge is 2.10. The summed E-state index contributed by atoms with van der Waals surface area (Å²) in [5, 5.41) is 2.87. The first-order valence-electron chi connectivity index (χ1n) is 7.68. The topological polar surface area (TPSA) is 55.1 Å². The molecule has 24 heavy (non-hydrogen) atoms. The van der Waals surface area contributed by atoms with E-state index in [-0.39, 0.29) is 5.91 Å². The zero-order valence-corrected chi connectivity index (χ0v) is 14.8. The molecule has 0 radical (unpaired) electrons. The van der Waals surface area contributed by atoms with E-state index in [1.165, 1.54) is 5.56 Å². The second-order valence-corrected chi connectivity index (χ2v) is 6.37. The summed E-state index contributed by atoms with van der Waals surface area (Å²) in [4.78, 5) is 16.3. The van der Waals surface area contributed by atoms with E-state index < -0.39 is 0 Å². The molecule has 0 bridgehead atoms. The molecule has 122 valence electrons. The highest BCUT2D eigenvalue weighted by atomic mass is 79.9. The van der Waals surface area contributed by atoms with Crippen molar-refractivity contribution < 1.29 is 9.21 Å². The molecular formula is C19H17BrN2O2. The van der Waals surface area contributed by atoms with Crippen LogP contribution in [0.25, 0.3) is 11.3 Å². The van der Waals surface area contributed by atoms with Crippen molar-refractivity contribution in [2.75, 3.05) is 5.32 Å². The van der Waals surface area contributed by atoms with Crippen molar-refractivity contribution in [2.24, 2.45) is 0 Å². The summed E-state index contributed by atoms with van der Waals surface area (Å²) in [6, 6.07) is 15.6. The van der Waals surface area contributed by atoms with Gasteiger partial charge in [0.2, 0.25) is 5.91 Å². The van der Waals surface area contributed by atoms with Gasteiger partial charge in [0.25, 0.3) is 0 Å². The van der Waals surface area contributed by atoms with Crippen molar-refractivity contribution in [1.82, 2.24) is 4.98 Å². The molecule has 0 unspecified atom stereocenters. The number of benzene rings is 2. The number of para-hydroxylation sites is 1. The van der Waals surface area contributed by atoms with Gasteiger partial charge in [-0.05, 0) is 35.0 Å². The summed E-state index contributed by atoms with van der Waals surface area (Å²) in [7, 11) is 0. The lowest BCUT2D eigenvalue weighted by Gasteiger charge is -2.06. The molecule has 1 heterocycles. The van der Waals surface area contributed by atoms with Crippen LogP contribution >= 0.6 is 15.9 Å². The van der Waals surface area contributed by atoms with Gasteiger partial charge in [-0.15, -0.1) is 0 Å². The highest BCUT2D eigenvalue weighted by Crippen LogP contribution is 2.23. The predicted molar refractivity (Wildman–Crippen MR) is 97.8 cm³/mol. The number of halogens is 1. The first kappa shape index (κ1) is 16.5. The lowest BCUT2D eigenvalue weighted by molar-refractivity contribution is -0.116. The van der Waals surface area contributed by atoms with Crippen molar-refractivity contribution in [1.29, 1.82) is 0 Å². The Bertz CT molecular complexity index is 841. The number of carbonyl (C=O) groups is 1. The van der Waals surface area contributed by atoms with Gasteiger partial charge in [0, 0.05) is 22.9 Å². The van der Waals surface area contributed by atoms with Crippen LogP contribution in [-0.4, -0.2) is 10.9 Å². The van der Waals surface area contributed by atoms with Crippen LogP contribution in [0.3, 0.4) is 0 Å². The molecular weight excluding hydrogens is 368 g/mol. The van der Waals surface area contributed by atoms with E-state index in [0.29, 0.717) is 18.7 Å². The fourth-order valence-electron chi connectivity index (χ4n) is 2.27. The quantitative estimate of drug-likeness (QED) is 0.674. The lowest BCUT2D eigenvalue weighted by atomic mass is 10.1. The third-order valence-electron chi connectivity index (χ3n) is 3.60. The number of amides is 1. The van der Waals surface area contributed by atoms with Gasteiger partial charge in [0.15, 0.2) is 11.7 Å². The number of nitrogens with zero attached hydrogens (tertiary/aromatic N) is 1. The number of hydrogen-bond donors (Lipinski definition) is 1. The second-order valence-electron chi connectivity index (χ2n) is 5.51. The molecule has 0 atom stereocenters. The first-order chi connectivity index (χ1) is 11.6. The van der Waals surface area contributed by atoms with Gasteiger partial charge in [-0.3, -0.25) is 4.79 Å². The van der Waals surface area contributed by atoms with Gasteiger partial charge < -0.3 is 9.73 Å². The molecule has 0 saturated carbocycles. The van der Waals surface area contributed by atoms with Crippen LogP contribution in [0.2, 0.25) is 0 Å². The maximum atomic E-state index is 12.1. The Balaban J connectivity index is 1.58. The predicted octanol–water partition coefficient (Wildman–Crippen LogP) is 4.98. The summed E-state index contributed by atoms with van der Waals surface area (Å²) >= 11 is 3.41. The number of anilines is 1. The smallest absolute Gasteiger partial charge is 0.224 e. The van der Waals surface area contributed by atoms with Crippen LogP contribution in [0, 0.1) is 6.92 Å². The van der Waals surface area contributed by atoms with Crippen molar-refractivity contribution in [3.63, 3.8) is 0 Å². The maximum Gasteiger partial charge on any atom is 0.224 e. The number of hydrogen-bond acceptors (Lipinski definition) is 3. The van der Waals surface area contributed by atoms with Gasteiger partial charge in [-0.2, -0.15) is 0 Å². The average molecular weight is 385 g/mol. The molecule has 5 heteroatoms. The minimum absolute atomic E-state index is 0.0722. The van der Waals surface area contributed by atoms with E-state index in [1.54, 1.807) is 6.20 Å². The van der Waals surface area contributed by atoms with E-state index in [2.05, 4.69) is 26.2 Å². The number of aromatic nitrogens is 1. The number of aryl methyl sites for hydroxylation is 2. The van der Waals surface area contributed by atoms with Crippen molar-refractivity contribution in [2.45, 2.75) is 19.8 Å². The van der Waals surface area contributed by atoms with Gasteiger partial charge in [-0.1, -0.05) is 42.0 Å². The fraction of sp³-hybridized carbons (Fsp3) is 0.158. The molecule has 3 rings (SSSR count). The number of rotatable bonds is 5. The van der Waals surface area contributed by atoms with Crippen LogP contribution < -0.4 is 5.32 Å². The van der Waals surface area contributed by atoms with Gasteiger partial charge in [0.05, 0.1) is 11.9 Å². The molecule has 0 saturated heterocycles. The Morgan fingerprint density at radius 2 is 1.92 bits per heavy atom. The standard InChI is InChI=1S/C19H17BrN2O2/c1-13-6-8-14(9-7-13)17-12-21-19(24-17)11-10-18(23)22-16-5-3-2-4-15(16)20/h2-9,12H,10-11H2,1H3,(H,22,23). The molecule has 2 aromatic carbocycles. The normalized spacial score (nSPS) is 10.6. The molecule has 1 aromatic heterocycles. The van der Waals surface area contributed by atoms with Crippen LogP contribution in [-0.2, 0) is 11.2 Å². The summed E-state index contributed by atoms with van der Waals surface area (Å²) in [5.74, 6) is 1.21. The van der Waals surface area contributed by atoms with E-state index >= 15 is 0 Å². The summed E-state index contributed by atoms with van der Waals surface area (Å²) in [5.41, 5.74) is 2.94. The van der Waals surface area contributed by atoms with Crippen LogP contribution in [0.1, 0.15) is 17.9 Å². The molecule has 0 aliphatic carbocycles. The Morgan fingerprint density at radius 3 is 2.67 bits per heavy atom. The van der Waals surface area contributed by atoms with Crippen LogP contribution in [0.15, 0.2) is 63.6 Å². The Labute approximate surface area is 149 Å². The molecule has 0 aliphatic heterocycles. The zero-order valence-electron chi connectivity index (χ0n) is 13.3. The molecule has 3 aromatic rings. The molecule has 0 spiro atoms. The maximum absolute atomic E-state index is 12.1. The zero-order chi connectivity index (χ0) is 16.9. The van der Waals surface area contributed by atoms with Gasteiger partial charge in [0.1, 0.15) is 0 Å². The highest BCUT2D eigenvalue weighted by molar-refractivity contribution is 9.10. The molecule has 0 fully saturated rings. The minimum atomic E-state index is -0.0722. The van der Waals surface area contributed by atoms with Crippen LogP contribution in [0.4, 0.5) is 5.69 Å². The van der Waals surface area contributed by atoms with Crippen molar-refractivity contribution in [3.8, 4) is 11.3 Å². The average Bonchev–Trinajstić information content (AvgIpc) is 3.05. The number of oxazole rings is 1. The summed E-state index contributed by atoms with van der Waals surface area (Å²) < 4.78 is 6.59. The largest absolute Gasteiger partial charge is 0.441 e. The Morgan fingerprint density at radius 1 is 1.17 bits per heavy atom. The summed E-state index contributed by atoms with van der Waals surface area (Å²) in [6.07, 6.45) is 2.48. The number of carbonyl (C=O) groups excluding carboxylic acids is 1. The fourth-order valence-corrected chi connectivity index (χ4v) is 2.66. The van der Waals surface area contributed by atoms with Crippen LogP contribution in [0.5, 0.6) is 0 Å². The molecule has 0 aliphatic rings. The summed E-state index contributed by atoms with van der Waals surface area (Å²) in [6.45, 7) is 2.04. The molecule has 4 nitrogen and oxygen atoms in total. The third kappa shape index (κ3) is 4.11. The van der Waals surface area contributed by atoms with E-state index in [0.717, 1.165) is 21.5 Å². The molecule has 1 N–H and O–H groups in total. The monoisotopic (exact) mass is 384 g/mol. The SMILES string of the molecule is Cc1ccc(-c2cnc(CCC(=O)Nc3ccccc3Br)o2)cc1. The second kappa shape index (κ2) is 7.45. The Hall–Kier alpha value is -2.40. The third-order valence-corrected chi connectivity index (χ3v) is 4.30. The first-order valence-corrected chi connectivity index (χ1v) is 8.47. The van der Waals surface area contributed by atoms with Crippen molar-refractivity contribution >= 4 is 27.5 Å². The molecule has 1 amide bonds. The van der Waals surface area contributed by atoms with E-state index in [9.17, 15) is 4.79 Å². The minimum Gasteiger partial charge on any atom is -0.441 e. The van der Waals surface area contributed by atoms with E-state index in [4.69, 9.17) is 4.42 Å². The lowest BCUT2D eigenvalue weighted by Crippen LogP contribution is -2.12. The Kier molecular flexibility index (Phi) is 5.11. The van der Waals surface area contributed by atoms with Gasteiger partial charge in [-0.25, -0.2) is 4.98 Å².